The molecule has 1 aromatic carbocycles. The van der Waals surface area contributed by atoms with Crippen LogP contribution in [-0.2, 0) is 4.79 Å². The molecule has 2 N–H and O–H groups in total. The molecule has 0 bridgehead atoms. The molecule has 0 spiro atoms. The predicted octanol–water partition coefficient (Wildman–Crippen LogP) is 1.28. The molecule has 0 aliphatic heterocycles. The van der Waals surface area contributed by atoms with Crippen LogP contribution >= 0.6 is 0 Å². The van der Waals surface area contributed by atoms with Gasteiger partial charge in [0.1, 0.15) is 5.75 Å². The van der Waals surface area contributed by atoms with Crippen LogP contribution in [0.2, 0.25) is 0 Å². The molecule has 0 radical (unpaired) electrons. The molecule has 1 amide bonds. The van der Waals surface area contributed by atoms with Crippen molar-refractivity contribution in [2.75, 3.05) is 7.11 Å². The van der Waals surface area contributed by atoms with Gasteiger partial charge in [-0.05, 0) is 24.6 Å². The van der Waals surface area contributed by atoms with Crippen molar-refractivity contribution in [3.63, 3.8) is 0 Å². The number of rotatable bonds is 3. The van der Waals surface area contributed by atoms with Crippen LogP contribution in [0, 0.1) is 0 Å². The van der Waals surface area contributed by atoms with Crippen molar-refractivity contribution >= 4 is 5.91 Å². The molecular weight excluding hydrogens is 166 g/mol. The summed E-state index contributed by atoms with van der Waals surface area (Å²) in [7, 11) is 1.60. The van der Waals surface area contributed by atoms with Crippen molar-refractivity contribution in [1.82, 2.24) is 0 Å². The van der Waals surface area contributed by atoms with E-state index >= 15 is 0 Å². The molecule has 1 atom stereocenters. The van der Waals surface area contributed by atoms with Crippen LogP contribution in [0.1, 0.15) is 18.4 Å². The van der Waals surface area contributed by atoms with Crippen LogP contribution < -0.4 is 10.5 Å². The van der Waals surface area contributed by atoms with Gasteiger partial charge in [-0.3, -0.25) is 4.79 Å². The average molecular weight is 179 g/mol. The Kier molecular flexibility index (Phi) is 2.90. The van der Waals surface area contributed by atoms with Crippen molar-refractivity contribution in [2.45, 2.75) is 12.8 Å². The third kappa shape index (κ3) is 2.21. The summed E-state index contributed by atoms with van der Waals surface area (Å²) in [4.78, 5) is 10.8. The van der Waals surface area contributed by atoms with E-state index in [1.54, 1.807) is 14.0 Å². The van der Waals surface area contributed by atoms with E-state index in [1.807, 2.05) is 24.3 Å². The molecule has 3 nitrogen and oxygen atoms in total. The summed E-state index contributed by atoms with van der Waals surface area (Å²) in [6.45, 7) is 1.78. The van der Waals surface area contributed by atoms with Gasteiger partial charge < -0.3 is 10.5 Å². The Morgan fingerprint density at radius 3 is 2.31 bits per heavy atom. The van der Waals surface area contributed by atoms with Crippen LogP contribution in [0.5, 0.6) is 5.75 Å². The summed E-state index contributed by atoms with van der Waals surface area (Å²) in [5.41, 5.74) is 6.08. The number of ether oxygens (including phenoxy) is 1. The maximum atomic E-state index is 10.8. The molecule has 1 rings (SSSR count). The van der Waals surface area contributed by atoms with Crippen LogP contribution in [0.4, 0.5) is 0 Å². The highest BCUT2D eigenvalue weighted by Gasteiger charge is 2.10. The molecule has 1 unspecified atom stereocenters. The lowest BCUT2D eigenvalue weighted by Crippen LogP contribution is -2.18. The van der Waals surface area contributed by atoms with Crippen molar-refractivity contribution in [3.8, 4) is 5.75 Å². The van der Waals surface area contributed by atoms with Crippen LogP contribution in [0.25, 0.3) is 0 Å². The van der Waals surface area contributed by atoms with Gasteiger partial charge in [0.2, 0.25) is 5.91 Å². The van der Waals surface area contributed by atoms with Gasteiger partial charge in [0.15, 0.2) is 0 Å². The number of carbonyl (C=O) groups excluding carboxylic acids is 1. The third-order valence-corrected chi connectivity index (χ3v) is 2.04. The summed E-state index contributed by atoms with van der Waals surface area (Å²) in [6, 6.07) is 7.31. The Morgan fingerprint density at radius 1 is 1.38 bits per heavy atom. The van der Waals surface area contributed by atoms with Crippen LogP contribution in [0.3, 0.4) is 0 Å². The fraction of sp³-hybridized carbons (Fsp3) is 0.300. The second-order valence-corrected chi connectivity index (χ2v) is 2.90. The van der Waals surface area contributed by atoms with Crippen LogP contribution in [0.15, 0.2) is 24.3 Å². The average Bonchev–Trinajstić information content (AvgIpc) is 2.17. The molecular formula is C10H13NO2. The number of hydrogen-bond donors (Lipinski definition) is 1. The van der Waals surface area contributed by atoms with E-state index in [1.165, 1.54) is 0 Å². The molecule has 0 saturated heterocycles. The minimum absolute atomic E-state index is 0.245. The Morgan fingerprint density at radius 2 is 1.92 bits per heavy atom. The Labute approximate surface area is 77.5 Å². The highest BCUT2D eigenvalue weighted by Crippen LogP contribution is 2.18. The Hall–Kier alpha value is -1.51. The molecule has 0 aliphatic carbocycles. The first-order valence-electron chi connectivity index (χ1n) is 4.08. The second-order valence-electron chi connectivity index (χ2n) is 2.90. The number of hydrogen-bond acceptors (Lipinski definition) is 2. The highest BCUT2D eigenvalue weighted by atomic mass is 16.5. The molecule has 0 aromatic heterocycles. The Bertz CT molecular complexity index is 292. The van der Waals surface area contributed by atoms with Gasteiger partial charge in [-0.25, -0.2) is 0 Å². The predicted molar refractivity (Wildman–Crippen MR) is 50.6 cm³/mol. The number of methoxy groups -OCH3 is 1. The van der Waals surface area contributed by atoms with E-state index in [0.717, 1.165) is 11.3 Å². The topological polar surface area (TPSA) is 52.3 Å². The fourth-order valence-corrected chi connectivity index (χ4v) is 1.06. The lowest BCUT2D eigenvalue weighted by atomic mass is 10.0. The summed E-state index contributed by atoms with van der Waals surface area (Å²) in [6.07, 6.45) is 0. The minimum Gasteiger partial charge on any atom is -0.497 e. The maximum absolute atomic E-state index is 10.8. The number of primary amides is 1. The standard InChI is InChI=1S/C10H13NO2/c1-7(10(11)12)8-3-5-9(13-2)6-4-8/h3-7H,1-2H3,(H2,11,12). The minimum atomic E-state index is -0.315. The first-order chi connectivity index (χ1) is 6.15. The molecule has 3 heteroatoms. The molecule has 0 heterocycles. The van der Waals surface area contributed by atoms with Gasteiger partial charge in [0, 0.05) is 0 Å². The molecule has 0 aliphatic rings. The smallest absolute Gasteiger partial charge is 0.224 e. The largest absolute Gasteiger partial charge is 0.497 e. The fourth-order valence-electron chi connectivity index (χ4n) is 1.06. The Balaban J connectivity index is 2.85. The molecule has 70 valence electrons. The normalized spacial score (nSPS) is 12.2. The first kappa shape index (κ1) is 9.58. The van der Waals surface area contributed by atoms with Gasteiger partial charge >= 0.3 is 0 Å². The molecule has 0 saturated carbocycles. The van der Waals surface area contributed by atoms with Gasteiger partial charge in [-0.1, -0.05) is 12.1 Å². The van der Waals surface area contributed by atoms with Crippen molar-refractivity contribution in [3.05, 3.63) is 29.8 Å². The zero-order chi connectivity index (χ0) is 9.84. The van der Waals surface area contributed by atoms with Gasteiger partial charge in [-0.2, -0.15) is 0 Å². The van der Waals surface area contributed by atoms with E-state index in [4.69, 9.17) is 10.5 Å². The first-order valence-corrected chi connectivity index (χ1v) is 4.08. The van der Waals surface area contributed by atoms with Crippen LogP contribution in [-0.4, -0.2) is 13.0 Å². The molecule has 1 aromatic rings. The summed E-state index contributed by atoms with van der Waals surface area (Å²) < 4.78 is 4.99. The van der Waals surface area contributed by atoms with Gasteiger partial charge in [-0.15, -0.1) is 0 Å². The summed E-state index contributed by atoms with van der Waals surface area (Å²) >= 11 is 0. The lowest BCUT2D eigenvalue weighted by Gasteiger charge is -2.07. The van der Waals surface area contributed by atoms with E-state index < -0.39 is 0 Å². The van der Waals surface area contributed by atoms with Gasteiger partial charge in [0.25, 0.3) is 0 Å². The molecule has 13 heavy (non-hydrogen) atoms. The zero-order valence-electron chi connectivity index (χ0n) is 7.78. The van der Waals surface area contributed by atoms with E-state index in [0.29, 0.717) is 0 Å². The lowest BCUT2D eigenvalue weighted by molar-refractivity contribution is -0.119. The van der Waals surface area contributed by atoms with E-state index in [9.17, 15) is 4.79 Å². The van der Waals surface area contributed by atoms with Crippen molar-refractivity contribution in [1.29, 1.82) is 0 Å². The van der Waals surface area contributed by atoms with E-state index in [2.05, 4.69) is 0 Å². The summed E-state index contributed by atoms with van der Waals surface area (Å²) in [5.74, 6) is 0.219. The quantitative estimate of drug-likeness (QED) is 0.760. The number of nitrogens with two attached hydrogens (primary N) is 1. The van der Waals surface area contributed by atoms with Crippen molar-refractivity contribution < 1.29 is 9.53 Å². The van der Waals surface area contributed by atoms with Crippen molar-refractivity contribution in [2.24, 2.45) is 5.73 Å². The number of amides is 1. The number of carbonyl (C=O) groups is 1. The summed E-state index contributed by atoms with van der Waals surface area (Å²) in [5, 5.41) is 0. The SMILES string of the molecule is COc1ccc(C(C)C(N)=O)cc1. The highest BCUT2D eigenvalue weighted by molar-refractivity contribution is 5.81. The zero-order valence-corrected chi connectivity index (χ0v) is 7.78. The maximum Gasteiger partial charge on any atom is 0.224 e. The van der Waals surface area contributed by atoms with Gasteiger partial charge in [0.05, 0.1) is 13.0 Å². The third-order valence-electron chi connectivity index (χ3n) is 2.04. The second kappa shape index (κ2) is 3.94. The number of benzene rings is 1. The van der Waals surface area contributed by atoms with E-state index in [-0.39, 0.29) is 11.8 Å². The monoisotopic (exact) mass is 179 g/mol. The molecule has 0 fully saturated rings.